The zero-order valence-electron chi connectivity index (χ0n) is 11.5. The van der Waals surface area contributed by atoms with Crippen LogP contribution in [-0.2, 0) is 6.54 Å². The van der Waals surface area contributed by atoms with Crippen molar-refractivity contribution in [3.05, 3.63) is 53.9 Å². The summed E-state index contributed by atoms with van der Waals surface area (Å²) >= 11 is 0. The second-order valence-corrected chi connectivity index (χ2v) is 4.31. The topological polar surface area (TPSA) is 68.5 Å². The summed E-state index contributed by atoms with van der Waals surface area (Å²) in [6, 6.07) is 10.7. The Morgan fingerprint density at radius 2 is 2.15 bits per heavy atom. The number of amides is 1. The average Bonchev–Trinajstić information content (AvgIpc) is 2.53. The number of methoxy groups -OCH3 is 1. The summed E-state index contributed by atoms with van der Waals surface area (Å²) in [6.07, 6.45) is 1.59. The molecule has 1 amide bonds. The van der Waals surface area contributed by atoms with E-state index in [1.807, 2.05) is 24.3 Å². The number of hydrogen-bond acceptors (Lipinski definition) is 4. The van der Waals surface area contributed by atoms with Crippen molar-refractivity contribution in [3.8, 4) is 5.75 Å². The average molecular weight is 271 g/mol. The van der Waals surface area contributed by atoms with Crippen LogP contribution in [0.3, 0.4) is 0 Å². The molecule has 0 spiro atoms. The first-order chi connectivity index (χ1) is 9.65. The van der Waals surface area contributed by atoms with Gasteiger partial charge < -0.3 is 15.4 Å². The number of anilines is 1. The van der Waals surface area contributed by atoms with Crippen molar-refractivity contribution < 1.29 is 9.53 Å². The van der Waals surface area contributed by atoms with Gasteiger partial charge in [0, 0.05) is 37.1 Å². The van der Waals surface area contributed by atoms with Gasteiger partial charge in [0.1, 0.15) is 5.75 Å². The molecule has 2 aromatic rings. The van der Waals surface area contributed by atoms with E-state index in [4.69, 9.17) is 10.5 Å². The fraction of sp³-hybridized carbons (Fsp3) is 0.200. The van der Waals surface area contributed by atoms with E-state index in [1.54, 1.807) is 37.4 Å². The number of ether oxygens (including phenoxy) is 1. The minimum Gasteiger partial charge on any atom is -0.497 e. The van der Waals surface area contributed by atoms with Gasteiger partial charge in [0.15, 0.2) is 0 Å². The highest BCUT2D eigenvalue weighted by atomic mass is 16.5. The van der Waals surface area contributed by atoms with Gasteiger partial charge in [-0.3, -0.25) is 9.78 Å². The number of pyridine rings is 1. The van der Waals surface area contributed by atoms with Gasteiger partial charge in [-0.15, -0.1) is 0 Å². The Morgan fingerprint density at radius 3 is 2.85 bits per heavy atom. The van der Waals surface area contributed by atoms with Crippen LogP contribution in [0.15, 0.2) is 42.6 Å². The number of hydrogen-bond donors (Lipinski definition) is 1. The van der Waals surface area contributed by atoms with E-state index in [-0.39, 0.29) is 5.91 Å². The second-order valence-electron chi connectivity index (χ2n) is 4.31. The third-order valence-electron chi connectivity index (χ3n) is 3.02. The summed E-state index contributed by atoms with van der Waals surface area (Å²) in [5.74, 6) is 0.592. The van der Waals surface area contributed by atoms with Crippen molar-refractivity contribution in [3.63, 3.8) is 0 Å². The lowest BCUT2D eigenvalue weighted by molar-refractivity contribution is 0.0993. The van der Waals surface area contributed by atoms with Crippen molar-refractivity contribution in [2.75, 3.05) is 19.1 Å². The van der Waals surface area contributed by atoms with Crippen LogP contribution in [0.25, 0.3) is 0 Å². The van der Waals surface area contributed by atoms with Crippen LogP contribution in [0.2, 0.25) is 0 Å². The molecule has 20 heavy (non-hydrogen) atoms. The van der Waals surface area contributed by atoms with Crippen LogP contribution < -0.4 is 15.4 Å². The molecule has 0 saturated carbocycles. The molecule has 0 bridgehead atoms. The number of benzene rings is 1. The molecule has 0 aliphatic carbocycles. The van der Waals surface area contributed by atoms with Crippen LogP contribution in [-0.4, -0.2) is 25.0 Å². The molecule has 0 aliphatic rings. The second kappa shape index (κ2) is 6.16. The van der Waals surface area contributed by atoms with Gasteiger partial charge in [-0.1, -0.05) is 6.07 Å². The lowest BCUT2D eigenvalue weighted by Crippen LogP contribution is -2.26. The summed E-state index contributed by atoms with van der Waals surface area (Å²) in [5.41, 5.74) is 7.55. The van der Waals surface area contributed by atoms with Crippen LogP contribution >= 0.6 is 0 Å². The lowest BCUT2D eigenvalue weighted by Gasteiger charge is -2.18. The SMILES string of the molecule is COc1cccc(N(C)C(=O)c2ccnc(CN)c2)c1. The fourth-order valence-corrected chi connectivity index (χ4v) is 1.85. The van der Waals surface area contributed by atoms with Gasteiger partial charge in [0.25, 0.3) is 5.91 Å². The molecule has 0 radical (unpaired) electrons. The van der Waals surface area contributed by atoms with Crippen molar-refractivity contribution in [2.45, 2.75) is 6.54 Å². The minimum atomic E-state index is -0.115. The highest BCUT2D eigenvalue weighted by Crippen LogP contribution is 2.21. The molecule has 1 aromatic heterocycles. The quantitative estimate of drug-likeness (QED) is 0.921. The summed E-state index contributed by atoms with van der Waals surface area (Å²) in [6.45, 7) is 0.310. The lowest BCUT2D eigenvalue weighted by atomic mass is 10.2. The third kappa shape index (κ3) is 2.95. The maximum absolute atomic E-state index is 12.4. The third-order valence-corrected chi connectivity index (χ3v) is 3.02. The van der Waals surface area contributed by atoms with E-state index in [0.29, 0.717) is 23.6 Å². The van der Waals surface area contributed by atoms with E-state index in [9.17, 15) is 4.79 Å². The van der Waals surface area contributed by atoms with Crippen molar-refractivity contribution >= 4 is 11.6 Å². The molecule has 0 aliphatic heterocycles. The Bertz CT molecular complexity index is 614. The first kappa shape index (κ1) is 14.0. The Balaban J connectivity index is 2.27. The normalized spacial score (nSPS) is 10.2. The van der Waals surface area contributed by atoms with Crippen molar-refractivity contribution in [2.24, 2.45) is 5.73 Å². The largest absolute Gasteiger partial charge is 0.497 e. The zero-order chi connectivity index (χ0) is 14.5. The Kier molecular flexibility index (Phi) is 4.32. The predicted octanol–water partition coefficient (Wildman–Crippen LogP) is 1.83. The van der Waals surface area contributed by atoms with Gasteiger partial charge in [0.2, 0.25) is 0 Å². The Hall–Kier alpha value is -2.40. The molecule has 104 valence electrons. The molecule has 5 nitrogen and oxygen atoms in total. The predicted molar refractivity (Wildman–Crippen MR) is 77.9 cm³/mol. The Morgan fingerprint density at radius 1 is 1.35 bits per heavy atom. The summed E-state index contributed by atoms with van der Waals surface area (Å²) in [5, 5.41) is 0. The molecule has 5 heteroatoms. The molecule has 0 atom stereocenters. The number of nitrogens with two attached hydrogens (primary N) is 1. The highest BCUT2D eigenvalue weighted by Gasteiger charge is 2.14. The smallest absolute Gasteiger partial charge is 0.258 e. The maximum atomic E-state index is 12.4. The van der Waals surface area contributed by atoms with Gasteiger partial charge in [-0.2, -0.15) is 0 Å². The van der Waals surface area contributed by atoms with Crippen LogP contribution in [0.1, 0.15) is 16.1 Å². The number of carbonyl (C=O) groups excluding carboxylic acids is 1. The molecule has 1 aromatic carbocycles. The summed E-state index contributed by atoms with van der Waals surface area (Å²) < 4.78 is 5.16. The van der Waals surface area contributed by atoms with Gasteiger partial charge >= 0.3 is 0 Å². The number of rotatable bonds is 4. The monoisotopic (exact) mass is 271 g/mol. The first-order valence-electron chi connectivity index (χ1n) is 6.23. The van der Waals surface area contributed by atoms with Crippen LogP contribution in [0, 0.1) is 0 Å². The molecule has 0 unspecified atom stereocenters. The minimum absolute atomic E-state index is 0.115. The summed E-state index contributed by atoms with van der Waals surface area (Å²) in [4.78, 5) is 18.1. The molecule has 0 fully saturated rings. The molecule has 0 saturated heterocycles. The van der Waals surface area contributed by atoms with Crippen LogP contribution in [0.5, 0.6) is 5.75 Å². The maximum Gasteiger partial charge on any atom is 0.258 e. The van der Waals surface area contributed by atoms with E-state index in [2.05, 4.69) is 4.98 Å². The highest BCUT2D eigenvalue weighted by molar-refractivity contribution is 6.05. The Labute approximate surface area is 118 Å². The number of carbonyl (C=O) groups is 1. The van der Waals surface area contributed by atoms with Gasteiger partial charge in [0.05, 0.1) is 12.8 Å². The molecule has 2 rings (SSSR count). The summed E-state index contributed by atoms with van der Waals surface area (Å²) in [7, 11) is 3.32. The van der Waals surface area contributed by atoms with Gasteiger partial charge in [-0.25, -0.2) is 0 Å². The zero-order valence-corrected chi connectivity index (χ0v) is 11.5. The van der Waals surface area contributed by atoms with E-state index < -0.39 is 0 Å². The van der Waals surface area contributed by atoms with E-state index in [1.165, 1.54) is 0 Å². The number of nitrogens with zero attached hydrogens (tertiary/aromatic N) is 2. The molecule has 1 heterocycles. The van der Waals surface area contributed by atoms with Crippen molar-refractivity contribution in [1.29, 1.82) is 0 Å². The molecular weight excluding hydrogens is 254 g/mol. The first-order valence-corrected chi connectivity index (χ1v) is 6.23. The fourth-order valence-electron chi connectivity index (χ4n) is 1.85. The van der Waals surface area contributed by atoms with E-state index in [0.717, 1.165) is 5.69 Å². The molecular formula is C15H17N3O2. The van der Waals surface area contributed by atoms with Crippen molar-refractivity contribution in [1.82, 2.24) is 4.98 Å². The van der Waals surface area contributed by atoms with Crippen LogP contribution in [0.4, 0.5) is 5.69 Å². The standard InChI is InChI=1S/C15H17N3O2/c1-18(13-4-3-5-14(9-13)20-2)15(19)11-6-7-17-12(8-11)10-16/h3-9H,10,16H2,1-2H3. The molecule has 2 N–H and O–H groups in total. The number of aromatic nitrogens is 1. The van der Waals surface area contributed by atoms with Gasteiger partial charge in [-0.05, 0) is 24.3 Å². The van der Waals surface area contributed by atoms with E-state index >= 15 is 0 Å².